The molecule has 1 unspecified atom stereocenters. The van der Waals surface area contributed by atoms with Crippen LogP contribution >= 0.6 is 34.5 Å². The molecule has 11 heteroatoms. The van der Waals surface area contributed by atoms with Crippen LogP contribution in [0.2, 0.25) is 10.0 Å². The zero-order valence-corrected chi connectivity index (χ0v) is 19.7. The van der Waals surface area contributed by atoms with Crippen LogP contribution in [0.15, 0.2) is 52.7 Å². The van der Waals surface area contributed by atoms with Crippen molar-refractivity contribution < 1.29 is 17.6 Å². The topological polar surface area (TPSA) is 79.4 Å². The number of hydrogen-bond acceptors (Lipinski definition) is 5. The molecule has 2 aromatic carbocycles. The van der Waals surface area contributed by atoms with E-state index >= 15 is 0 Å². The summed E-state index contributed by atoms with van der Waals surface area (Å²) < 4.78 is 40.2. The minimum atomic E-state index is -3.81. The van der Waals surface area contributed by atoms with Crippen molar-refractivity contribution in [2.75, 3.05) is 18.4 Å². The van der Waals surface area contributed by atoms with Gasteiger partial charge in [-0.15, -0.1) is 11.3 Å². The molecule has 0 radical (unpaired) electrons. The number of carbonyl (C=O) groups excluding carboxylic acids is 1. The SMILES string of the molecule is O=C(Nc1nc(-c2cc(Cl)ccc2Cl)cs1)C1CCCN(S(=O)(=O)c2ccc(F)cc2)C1. The highest BCUT2D eigenvalue weighted by molar-refractivity contribution is 7.89. The van der Waals surface area contributed by atoms with Crippen LogP contribution in [0.25, 0.3) is 11.3 Å². The number of halogens is 3. The predicted molar refractivity (Wildman–Crippen MR) is 124 cm³/mol. The van der Waals surface area contributed by atoms with E-state index in [1.165, 1.54) is 27.8 Å². The van der Waals surface area contributed by atoms with Gasteiger partial charge in [-0.2, -0.15) is 4.31 Å². The lowest BCUT2D eigenvalue weighted by molar-refractivity contribution is -0.120. The van der Waals surface area contributed by atoms with E-state index < -0.39 is 21.8 Å². The van der Waals surface area contributed by atoms with Crippen LogP contribution in [-0.2, 0) is 14.8 Å². The molecule has 32 heavy (non-hydrogen) atoms. The van der Waals surface area contributed by atoms with E-state index in [-0.39, 0.29) is 17.3 Å². The largest absolute Gasteiger partial charge is 0.302 e. The van der Waals surface area contributed by atoms with Gasteiger partial charge in [0.05, 0.1) is 21.5 Å². The van der Waals surface area contributed by atoms with E-state index in [4.69, 9.17) is 23.2 Å². The maximum Gasteiger partial charge on any atom is 0.243 e. The van der Waals surface area contributed by atoms with E-state index in [1.807, 2.05) is 0 Å². The number of thiazole rings is 1. The molecule has 1 aliphatic rings. The van der Waals surface area contributed by atoms with Gasteiger partial charge in [0.15, 0.2) is 5.13 Å². The first-order valence-corrected chi connectivity index (χ1v) is 12.8. The smallest absolute Gasteiger partial charge is 0.243 e. The third kappa shape index (κ3) is 4.97. The summed E-state index contributed by atoms with van der Waals surface area (Å²) in [6.07, 6.45) is 1.10. The number of nitrogens with one attached hydrogen (secondary N) is 1. The van der Waals surface area contributed by atoms with E-state index in [0.717, 1.165) is 12.1 Å². The molecule has 1 saturated heterocycles. The molecule has 168 valence electrons. The molecule has 0 bridgehead atoms. The molecule has 1 aliphatic heterocycles. The second-order valence-electron chi connectivity index (χ2n) is 7.31. The minimum Gasteiger partial charge on any atom is -0.302 e. The lowest BCUT2D eigenvalue weighted by atomic mass is 9.99. The van der Waals surface area contributed by atoms with Gasteiger partial charge >= 0.3 is 0 Å². The number of carbonyl (C=O) groups is 1. The van der Waals surface area contributed by atoms with Gasteiger partial charge in [-0.3, -0.25) is 4.79 Å². The van der Waals surface area contributed by atoms with Gasteiger partial charge < -0.3 is 5.32 Å². The van der Waals surface area contributed by atoms with Crippen LogP contribution in [0, 0.1) is 11.7 Å². The molecule has 1 N–H and O–H groups in total. The lowest BCUT2D eigenvalue weighted by Crippen LogP contribution is -2.43. The first kappa shape index (κ1) is 23.1. The molecular formula is C21H18Cl2FN3O3S2. The van der Waals surface area contributed by atoms with Crippen molar-refractivity contribution >= 4 is 55.6 Å². The number of hydrogen-bond donors (Lipinski definition) is 1. The highest BCUT2D eigenvalue weighted by Gasteiger charge is 2.33. The average Bonchev–Trinajstić information content (AvgIpc) is 3.24. The molecule has 6 nitrogen and oxygen atoms in total. The van der Waals surface area contributed by atoms with Crippen LogP contribution < -0.4 is 5.32 Å². The van der Waals surface area contributed by atoms with Crippen molar-refractivity contribution in [3.05, 3.63) is 63.7 Å². The molecule has 0 saturated carbocycles. The number of aromatic nitrogens is 1. The third-order valence-electron chi connectivity index (χ3n) is 5.15. The standard InChI is InChI=1S/C21H18Cl2FN3O3S2/c22-14-3-8-18(23)17(10-14)19-12-31-21(25-19)26-20(28)13-2-1-9-27(11-13)32(29,30)16-6-4-15(24)5-7-16/h3-8,10,12-13H,1-2,9,11H2,(H,25,26,28). The maximum atomic E-state index is 13.2. The van der Waals surface area contributed by atoms with Crippen molar-refractivity contribution in [2.24, 2.45) is 5.92 Å². The fraction of sp³-hybridized carbons (Fsp3) is 0.238. The van der Waals surface area contributed by atoms with Gasteiger partial charge in [-0.25, -0.2) is 17.8 Å². The Balaban J connectivity index is 1.46. The number of piperidine rings is 1. The predicted octanol–water partition coefficient (Wildman–Crippen LogP) is 5.30. The highest BCUT2D eigenvalue weighted by Crippen LogP contribution is 2.33. The van der Waals surface area contributed by atoms with Crippen LogP contribution in [0.3, 0.4) is 0 Å². The van der Waals surface area contributed by atoms with Gasteiger partial charge in [0.2, 0.25) is 15.9 Å². The summed E-state index contributed by atoms with van der Waals surface area (Å²) in [6.45, 7) is 0.349. The molecular weight excluding hydrogens is 496 g/mol. The number of sulfonamides is 1. The van der Waals surface area contributed by atoms with Crippen molar-refractivity contribution in [1.29, 1.82) is 0 Å². The summed E-state index contributed by atoms with van der Waals surface area (Å²) >= 11 is 13.5. The molecule has 1 amide bonds. The van der Waals surface area contributed by atoms with E-state index in [0.29, 0.717) is 45.8 Å². The summed E-state index contributed by atoms with van der Waals surface area (Å²) in [5.74, 6) is -1.34. The van der Waals surface area contributed by atoms with Crippen LogP contribution in [0.1, 0.15) is 12.8 Å². The van der Waals surface area contributed by atoms with Gasteiger partial charge in [0.25, 0.3) is 0 Å². The van der Waals surface area contributed by atoms with E-state index in [1.54, 1.807) is 23.6 Å². The van der Waals surface area contributed by atoms with Crippen molar-refractivity contribution in [2.45, 2.75) is 17.7 Å². The normalized spacial score (nSPS) is 17.3. The third-order valence-corrected chi connectivity index (χ3v) is 8.35. The quantitative estimate of drug-likeness (QED) is 0.502. The number of benzene rings is 2. The number of nitrogens with zero attached hydrogens (tertiary/aromatic N) is 2. The maximum absolute atomic E-state index is 13.2. The zero-order valence-electron chi connectivity index (χ0n) is 16.6. The second kappa shape index (κ2) is 9.44. The van der Waals surface area contributed by atoms with Gasteiger partial charge in [-0.1, -0.05) is 23.2 Å². The first-order valence-electron chi connectivity index (χ1n) is 9.71. The Bertz CT molecular complexity index is 1250. The average molecular weight is 514 g/mol. The van der Waals surface area contributed by atoms with E-state index in [9.17, 15) is 17.6 Å². The van der Waals surface area contributed by atoms with Crippen LogP contribution in [-0.4, -0.2) is 36.7 Å². The Hall–Kier alpha value is -2.04. The Kier molecular flexibility index (Phi) is 6.83. The molecule has 4 rings (SSSR count). The van der Waals surface area contributed by atoms with Crippen molar-refractivity contribution in [1.82, 2.24) is 9.29 Å². The molecule has 3 aromatic rings. The molecule has 0 aliphatic carbocycles. The Morgan fingerprint density at radius 1 is 1.19 bits per heavy atom. The number of amides is 1. The van der Waals surface area contributed by atoms with E-state index in [2.05, 4.69) is 10.3 Å². The molecule has 1 fully saturated rings. The van der Waals surface area contributed by atoms with Crippen molar-refractivity contribution in [3.8, 4) is 11.3 Å². The molecule has 1 atom stereocenters. The monoisotopic (exact) mass is 513 g/mol. The van der Waals surface area contributed by atoms with Crippen LogP contribution in [0.5, 0.6) is 0 Å². The Labute approximate surface area is 199 Å². The summed E-state index contributed by atoms with van der Waals surface area (Å²) in [5.41, 5.74) is 1.24. The number of rotatable bonds is 5. The molecule has 1 aromatic heterocycles. The minimum absolute atomic E-state index is 0.00271. The van der Waals surface area contributed by atoms with Gasteiger partial charge in [-0.05, 0) is 55.3 Å². The fourth-order valence-corrected chi connectivity index (χ4v) is 6.11. The Morgan fingerprint density at radius 2 is 1.94 bits per heavy atom. The first-order chi connectivity index (χ1) is 15.2. The van der Waals surface area contributed by atoms with Gasteiger partial charge in [0.1, 0.15) is 5.82 Å². The molecule has 2 heterocycles. The fourth-order valence-electron chi connectivity index (χ4n) is 3.49. The highest BCUT2D eigenvalue weighted by atomic mass is 35.5. The summed E-state index contributed by atoms with van der Waals surface area (Å²) in [5, 5.41) is 5.94. The second-order valence-corrected chi connectivity index (χ2v) is 10.9. The zero-order chi connectivity index (χ0) is 22.9. The van der Waals surface area contributed by atoms with Gasteiger partial charge in [0, 0.05) is 29.1 Å². The summed E-state index contributed by atoms with van der Waals surface area (Å²) in [7, 11) is -3.81. The number of anilines is 1. The summed E-state index contributed by atoms with van der Waals surface area (Å²) in [4.78, 5) is 17.2. The summed E-state index contributed by atoms with van der Waals surface area (Å²) in [6, 6.07) is 9.72. The van der Waals surface area contributed by atoms with Crippen molar-refractivity contribution in [3.63, 3.8) is 0 Å². The lowest BCUT2D eigenvalue weighted by Gasteiger charge is -2.31. The Morgan fingerprint density at radius 3 is 2.69 bits per heavy atom. The molecule has 0 spiro atoms. The van der Waals surface area contributed by atoms with Crippen LogP contribution in [0.4, 0.5) is 9.52 Å².